The van der Waals surface area contributed by atoms with Crippen LogP contribution in [0.25, 0.3) is 0 Å². The molecule has 0 saturated carbocycles. The van der Waals surface area contributed by atoms with Crippen molar-refractivity contribution in [3.63, 3.8) is 0 Å². The first-order valence-electron chi connectivity index (χ1n) is 3.06. The van der Waals surface area contributed by atoms with Crippen molar-refractivity contribution in [1.29, 1.82) is 0 Å². The van der Waals surface area contributed by atoms with Crippen LogP contribution in [0.3, 0.4) is 0 Å². The predicted octanol–water partition coefficient (Wildman–Crippen LogP) is 3.62. The quantitative estimate of drug-likeness (QED) is 0.307. The molecule has 0 aliphatic carbocycles. The normalized spacial score (nSPS) is 10.6. The highest BCUT2D eigenvalue weighted by Gasteiger charge is 2.23. The Hall–Kier alpha value is -0.420. The number of hydrogen-bond donors (Lipinski definition) is 0. The summed E-state index contributed by atoms with van der Waals surface area (Å²) < 4.78 is 51.0. The van der Waals surface area contributed by atoms with Gasteiger partial charge in [-0.3, -0.25) is 0 Å². The van der Waals surface area contributed by atoms with E-state index in [0.29, 0.717) is 11.8 Å². The average molecular weight is 231 g/mol. The highest BCUT2D eigenvalue weighted by molar-refractivity contribution is 7.98. The zero-order valence-electron chi connectivity index (χ0n) is 6.30. The molecule has 0 fully saturated rings. The Morgan fingerprint density at radius 2 is 1.31 bits per heavy atom. The molecule has 0 radical (unpaired) electrons. The van der Waals surface area contributed by atoms with Crippen LogP contribution in [0.5, 0.6) is 0 Å². The van der Waals surface area contributed by atoms with Gasteiger partial charge in [0.15, 0.2) is 23.3 Å². The first-order chi connectivity index (χ1) is 6.00. The first kappa shape index (κ1) is 10.7. The number of hydrogen-bond acceptors (Lipinski definition) is 1. The third-order valence-corrected chi connectivity index (χ3v) is 2.47. The van der Waals surface area contributed by atoms with E-state index in [0.717, 1.165) is 0 Å². The predicted molar refractivity (Wildman–Crippen MR) is 43.1 cm³/mol. The minimum absolute atomic E-state index is 0.570. The third-order valence-electron chi connectivity index (χ3n) is 1.37. The molecule has 1 rings (SSSR count). The summed E-state index contributed by atoms with van der Waals surface area (Å²) in [6.45, 7) is 0. The lowest BCUT2D eigenvalue weighted by Crippen LogP contribution is -1.98. The second-order valence-electron chi connectivity index (χ2n) is 2.10. The maximum atomic E-state index is 12.8. The van der Waals surface area contributed by atoms with E-state index in [9.17, 15) is 17.6 Å². The van der Waals surface area contributed by atoms with Crippen LogP contribution in [0.1, 0.15) is 0 Å². The Morgan fingerprint density at radius 1 is 0.923 bits per heavy atom. The van der Waals surface area contributed by atoms with Gasteiger partial charge in [-0.05, 0) is 6.26 Å². The van der Waals surface area contributed by atoms with Crippen molar-refractivity contribution in [1.82, 2.24) is 0 Å². The smallest absolute Gasteiger partial charge is 0.181 e. The van der Waals surface area contributed by atoms with Gasteiger partial charge in [-0.25, -0.2) is 17.6 Å². The standard InChI is InChI=1S/C7H3ClF4S/c1-13-7-5(11)3(9)2(8)4(10)6(7)12/h1H3. The van der Waals surface area contributed by atoms with E-state index in [2.05, 4.69) is 0 Å². The molecule has 0 aliphatic rings. The summed E-state index contributed by atoms with van der Waals surface area (Å²) in [4.78, 5) is -0.709. The molecule has 72 valence electrons. The Balaban J connectivity index is 3.56. The van der Waals surface area contributed by atoms with E-state index in [1.54, 1.807) is 0 Å². The van der Waals surface area contributed by atoms with E-state index in [1.165, 1.54) is 6.26 Å². The van der Waals surface area contributed by atoms with Crippen LogP contribution in [-0.2, 0) is 0 Å². The maximum absolute atomic E-state index is 12.8. The van der Waals surface area contributed by atoms with Crippen molar-refractivity contribution in [3.05, 3.63) is 28.3 Å². The highest BCUT2D eigenvalue weighted by Crippen LogP contribution is 2.32. The fraction of sp³-hybridized carbons (Fsp3) is 0.143. The molecule has 0 aliphatic heterocycles. The molecular formula is C7H3ClF4S. The average Bonchev–Trinajstić information content (AvgIpc) is 2.13. The van der Waals surface area contributed by atoms with Gasteiger partial charge >= 0.3 is 0 Å². The second-order valence-corrected chi connectivity index (χ2v) is 3.30. The van der Waals surface area contributed by atoms with Crippen molar-refractivity contribution >= 4 is 23.4 Å². The molecule has 6 heteroatoms. The van der Waals surface area contributed by atoms with Crippen molar-refractivity contribution in [2.75, 3.05) is 6.26 Å². The van der Waals surface area contributed by atoms with Crippen molar-refractivity contribution in [3.8, 4) is 0 Å². The molecule has 1 aromatic rings. The molecule has 0 N–H and O–H groups in total. The molecule has 0 unspecified atom stereocenters. The van der Waals surface area contributed by atoms with Gasteiger partial charge in [-0.1, -0.05) is 11.6 Å². The summed E-state index contributed by atoms with van der Waals surface area (Å²) >= 11 is 5.55. The van der Waals surface area contributed by atoms with Crippen molar-refractivity contribution < 1.29 is 17.6 Å². The van der Waals surface area contributed by atoms with Gasteiger partial charge in [0.25, 0.3) is 0 Å². The van der Waals surface area contributed by atoms with E-state index >= 15 is 0 Å². The zero-order chi connectivity index (χ0) is 10.2. The minimum Gasteiger partial charge on any atom is -0.202 e. The largest absolute Gasteiger partial charge is 0.202 e. The Bertz CT molecular complexity index is 324. The van der Waals surface area contributed by atoms with Crippen LogP contribution >= 0.6 is 23.4 Å². The minimum atomic E-state index is -1.56. The molecule has 1 aromatic carbocycles. The van der Waals surface area contributed by atoms with Crippen LogP contribution in [-0.4, -0.2) is 6.26 Å². The Morgan fingerprint density at radius 3 is 1.62 bits per heavy atom. The molecule has 0 aromatic heterocycles. The molecule has 0 atom stereocenters. The summed E-state index contributed by atoms with van der Waals surface area (Å²) in [5, 5.41) is -1.16. The maximum Gasteiger partial charge on any atom is 0.181 e. The zero-order valence-corrected chi connectivity index (χ0v) is 7.87. The van der Waals surface area contributed by atoms with Crippen molar-refractivity contribution in [2.24, 2.45) is 0 Å². The number of halogens is 5. The van der Waals surface area contributed by atoms with Gasteiger partial charge in [-0.15, -0.1) is 11.8 Å². The summed E-state index contributed by atoms with van der Waals surface area (Å²) in [6, 6.07) is 0. The molecular weight excluding hydrogens is 228 g/mol. The number of rotatable bonds is 1. The van der Waals surface area contributed by atoms with Gasteiger partial charge in [0, 0.05) is 0 Å². The van der Waals surface area contributed by atoms with Gasteiger partial charge in [0.2, 0.25) is 0 Å². The number of benzene rings is 1. The van der Waals surface area contributed by atoms with E-state index < -0.39 is 33.2 Å². The SMILES string of the molecule is CSc1c(F)c(F)c(Cl)c(F)c1F. The van der Waals surface area contributed by atoms with Crippen molar-refractivity contribution in [2.45, 2.75) is 4.90 Å². The second kappa shape index (κ2) is 3.75. The molecule has 0 bridgehead atoms. The lowest BCUT2D eigenvalue weighted by molar-refractivity contribution is 0.426. The summed E-state index contributed by atoms with van der Waals surface area (Å²) in [5.74, 6) is -6.05. The first-order valence-corrected chi connectivity index (χ1v) is 4.66. The monoisotopic (exact) mass is 230 g/mol. The van der Waals surface area contributed by atoms with Crippen LogP contribution in [0.15, 0.2) is 4.90 Å². The third kappa shape index (κ3) is 1.62. The van der Waals surface area contributed by atoms with Crippen LogP contribution in [0, 0.1) is 23.3 Å². The lowest BCUT2D eigenvalue weighted by atomic mass is 10.3. The van der Waals surface area contributed by atoms with Crippen LogP contribution in [0.2, 0.25) is 5.02 Å². The molecule has 0 heterocycles. The Kier molecular flexibility index (Phi) is 3.08. The van der Waals surface area contributed by atoms with E-state index in [4.69, 9.17) is 11.6 Å². The van der Waals surface area contributed by atoms with Crippen LogP contribution in [0.4, 0.5) is 17.6 Å². The topological polar surface area (TPSA) is 0 Å². The summed E-state index contributed by atoms with van der Waals surface area (Å²) in [5.41, 5.74) is 0. The van der Waals surface area contributed by atoms with Crippen LogP contribution < -0.4 is 0 Å². The molecule has 13 heavy (non-hydrogen) atoms. The molecule has 0 spiro atoms. The Labute approximate surface area is 80.9 Å². The van der Waals surface area contributed by atoms with E-state index in [1.807, 2.05) is 0 Å². The molecule has 0 saturated heterocycles. The highest BCUT2D eigenvalue weighted by atomic mass is 35.5. The molecule has 0 amide bonds. The van der Waals surface area contributed by atoms with Gasteiger partial charge in [-0.2, -0.15) is 0 Å². The lowest BCUT2D eigenvalue weighted by Gasteiger charge is -2.05. The van der Waals surface area contributed by atoms with Gasteiger partial charge in [0.05, 0.1) is 4.90 Å². The molecule has 0 nitrogen and oxygen atoms in total. The fourth-order valence-corrected chi connectivity index (χ4v) is 1.47. The number of thioether (sulfide) groups is 1. The van der Waals surface area contributed by atoms with Gasteiger partial charge < -0.3 is 0 Å². The summed E-state index contributed by atoms with van der Waals surface area (Å²) in [6.07, 6.45) is 1.30. The van der Waals surface area contributed by atoms with Gasteiger partial charge in [0.1, 0.15) is 5.02 Å². The van der Waals surface area contributed by atoms with E-state index in [-0.39, 0.29) is 0 Å². The fourth-order valence-electron chi connectivity index (χ4n) is 0.764. The summed E-state index contributed by atoms with van der Waals surface area (Å²) in [7, 11) is 0.